The van der Waals surface area contributed by atoms with Gasteiger partial charge in [0.15, 0.2) is 6.10 Å². The number of rotatable bonds is 10. The Morgan fingerprint density at radius 2 is 2.08 bits per heavy atom. The lowest BCUT2D eigenvalue weighted by Gasteiger charge is -2.15. The average molecular weight is 580 g/mol. The van der Waals surface area contributed by atoms with Gasteiger partial charge < -0.3 is 9.47 Å². The third kappa shape index (κ3) is 6.27. The summed E-state index contributed by atoms with van der Waals surface area (Å²) in [5.74, 6) is -0.479. The smallest absolute Gasteiger partial charge is 0.347 e. The standard InChI is InChI=1S/C24H24BrClN4O6/c1-4-6-7-21-28-19-9-8-16(25)11-18(19)23(31)29(21)27-13-15-10-17(26)12-20(30(33)34)22(15)36-14(3)24(32)35-5-2/h8-14H,4-7H2,1-3H3/t14-/m1/s1. The van der Waals surface area contributed by atoms with E-state index in [9.17, 15) is 19.7 Å². The Hall–Kier alpha value is -3.31. The van der Waals surface area contributed by atoms with E-state index in [1.54, 1.807) is 25.1 Å². The Labute approximate surface area is 220 Å². The largest absolute Gasteiger partial charge is 0.471 e. The van der Waals surface area contributed by atoms with Gasteiger partial charge in [0.2, 0.25) is 5.75 Å². The Kier molecular flexibility index (Phi) is 9.16. The number of carbonyl (C=O) groups excluding carboxylic acids is 1. The summed E-state index contributed by atoms with van der Waals surface area (Å²) in [6.07, 6.45) is 2.24. The summed E-state index contributed by atoms with van der Waals surface area (Å²) in [6, 6.07) is 7.70. The van der Waals surface area contributed by atoms with Crippen LogP contribution in [0.25, 0.3) is 10.9 Å². The highest BCUT2D eigenvalue weighted by Crippen LogP contribution is 2.34. The molecule has 0 saturated heterocycles. The van der Waals surface area contributed by atoms with Crippen LogP contribution in [0, 0.1) is 10.1 Å². The van der Waals surface area contributed by atoms with Gasteiger partial charge in [-0.25, -0.2) is 9.78 Å². The van der Waals surface area contributed by atoms with Gasteiger partial charge in [0.1, 0.15) is 5.82 Å². The van der Waals surface area contributed by atoms with Gasteiger partial charge in [0, 0.05) is 27.5 Å². The monoisotopic (exact) mass is 578 g/mol. The second-order valence-corrected chi connectivity index (χ2v) is 9.12. The van der Waals surface area contributed by atoms with Crippen LogP contribution in [0.4, 0.5) is 5.69 Å². The number of hydrogen-bond donors (Lipinski definition) is 0. The fraction of sp³-hybridized carbons (Fsp3) is 0.333. The van der Waals surface area contributed by atoms with Crippen molar-refractivity contribution < 1.29 is 19.2 Å². The van der Waals surface area contributed by atoms with Crippen LogP contribution >= 0.6 is 27.5 Å². The Balaban J connectivity index is 2.16. The number of carbonyl (C=O) groups is 1. The van der Waals surface area contributed by atoms with Crippen LogP contribution in [0.3, 0.4) is 0 Å². The van der Waals surface area contributed by atoms with Crippen molar-refractivity contribution in [2.75, 3.05) is 6.61 Å². The number of nitro benzene ring substituents is 1. The van der Waals surface area contributed by atoms with E-state index in [-0.39, 0.29) is 22.9 Å². The molecule has 2 aromatic carbocycles. The number of esters is 1. The molecule has 0 spiro atoms. The van der Waals surface area contributed by atoms with Crippen LogP contribution in [0.15, 0.2) is 44.7 Å². The van der Waals surface area contributed by atoms with Gasteiger partial charge in [-0.05, 0) is 44.5 Å². The third-order valence-electron chi connectivity index (χ3n) is 5.11. The number of aromatic nitrogens is 2. The summed E-state index contributed by atoms with van der Waals surface area (Å²) in [5.41, 5.74) is -0.221. The molecule has 36 heavy (non-hydrogen) atoms. The summed E-state index contributed by atoms with van der Waals surface area (Å²) in [5, 5.41) is 16.4. The van der Waals surface area contributed by atoms with Crippen molar-refractivity contribution in [2.24, 2.45) is 5.10 Å². The summed E-state index contributed by atoms with van der Waals surface area (Å²) in [6.45, 7) is 5.19. The van der Waals surface area contributed by atoms with Crippen molar-refractivity contribution >= 4 is 56.3 Å². The van der Waals surface area contributed by atoms with E-state index in [1.807, 2.05) is 6.92 Å². The predicted molar refractivity (Wildman–Crippen MR) is 140 cm³/mol. The van der Waals surface area contributed by atoms with Gasteiger partial charge in [0.05, 0.1) is 28.6 Å². The average Bonchev–Trinajstić information content (AvgIpc) is 2.83. The molecule has 1 heterocycles. The van der Waals surface area contributed by atoms with Gasteiger partial charge in [-0.2, -0.15) is 9.78 Å². The lowest BCUT2D eigenvalue weighted by molar-refractivity contribution is -0.386. The number of hydrogen-bond acceptors (Lipinski definition) is 8. The zero-order chi connectivity index (χ0) is 26.4. The van der Waals surface area contributed by atoms with Crippen LogP contribution in [-0.4, -0.2) is 39.5 Å². The molecule has 3 rings (SSSR count). The number of unbranched alkanes of at least 4 members (excludes halogenated alkanes) is 1. The highest BCUT2D eigenvalue weighted by atomic mass is 79.9. The maximum atomic E-state index is 13.3. The number of aryl methyl sites for hydroxylation is 1. The highest BCUT2D eigenvalue weighted by molar-refractivity contribution is 9.10. The topological polar surface area (TPSA) is 126 Å². The number of benzene rings is 2. The van der Waals surface area contributed by atoms with E-state index in [2.05, 4.69) is 26.0 Å². The predicted octanol–water partition coefficient (Wildman–Crippen LogP) is 5.28. The van der Waals surface area contributed by atoms with E-state index in [0.29, 0.717) is 27.6 Å². The minimum atomic E-state index is -1.14. The maximum absolute atomic E-state index is 13.3. The molecule has 190 valence electrons. The number of halogens is 2. The van der Waals surface area contributed by atoms with Crippen molar-refractivity contribution in [3.05, 3.63) is 71.7 Å². The SMILES string of the molecule is CCCCc1nc2ccc(Br)cc2c(=O)n1N=Cc1cc(Cl)cc([N+](=O)[O-])c1O[C@H](C)C(=O)OCC. The molecule has 0 radical (unpaired) electrons. The number of ether oxygens (including phenoxy) is 2. The first-order chi connectivity index (χ1) is 17.2. The van der Waals surface area contributed by atoms with Crippen molar-refractivity contribution in [1.82, 2.24) is 9.66 Å². The Morgan fingerprint density at radius 1 is 1.33 bits per heavy atom. The van der Waals surface area contributed by atoms with Crippen molar-refractivity contribution in [3.8, 4) is 5.75 Å². The second kappa shape index (κ2) is 12.1. The third-order valence-corrected chi connectivity index (χ3v) is 5.83. The molecule has 0 N–H and O–H groups in total. The minimum Gasteiger partial charge on any atom is -0.471 e. The summed E-state index contributed by atoms with van der Waals surface area (Å²) < 4.78 is 12.4. The lowest BCUT2D eigenvalue weighted by atomic mass is 10.2. The maximum Gasteiger partial charge on any atom is 0.347 e. The molecular formula is C24H24BrClN4O6. The minimum absolute atomic E-state index is 0.0541. The van der Waals surface area contributed by atoms with Gasteiger partial charge in [0.25, 0.3) is 5.56 Å². The quantitative estimate of drug-likeness (QED) is 0.138. The highest BCUT2D eigenvalue weighted by Gasteiger charge is 2.26. The molecule has 3 aromatic rings. The summed E-state index contributed by atoms with van der Waals surface area (Å²) in [4.78, 5) is 41.1. The first kappa shape index (κ1) is 27.3. The van der Waals surface area contributed by atoms with Gasteiger partial charge >= 0.3 is 11.7 Å². The fourth-order valence-electron chi connectivity index (χ4n) is 3.37. The van der Waals surface area contributed by atoms with Gasteiger partial charge in [-0.15, -0.1) is 0 Å². The van der Waals surface area contributed by atoms with Crippen LogP contribution < -0.4 is 10.3 Å². The van der Waals surface area contributed by atoms with Crippen LogP contribution in [-0.2, 0) is 16.0 Å². The molecule has 0 aliphatic carbocycles. The van der Waals surface area contributed by atoms with Crippen molar-refractivity contribution in [1.29, 1.82) is 0 Å². The molecule has 0 saturated carbocycles. The van der Waals surface area contributed by atoms with E-state index in [4.69, 9.17) is 21.1 Å². The summed E-state index contributed by atoms with van der Waals surface area (Å²) >= 11 is 9.49. The fourth-order valence-corrected chi connectivity index (χ4v) is 3.96. The van der Waals surface area contributed by atoms with Gasteiger partial charge in [-0.1, -0.05) is 40.9 Å². The molecule has 0 aliphatic rings. The van der Waals surface area contributed by atoms with Crippen LogP contribution in [0.5, 0.6) is 5.75 Å². The number of nitro groups is 1. The zero-order valence-electron chi connectivity index (χ0n) is 19.9. The first-order valence-electron chi connectivity index (χ1n) is 11.2. The second-order valence-electron chi connectivity index (χ2n) is 7.77. The van der Waals surface area contributed by atoms with E-state index in [1.165, 1.54) is 19.2 Å². The van der Waals surface area contributed by atoms with E-state index in [0.717, 1.165) is 23.6 Å². The molecule has 0 amide bonds. The Bertz CT molecular complexity index is 1390. The molecule has 0 unspecified atom stereocenters. The molecule has 0 fully saturated rings. The normalized spacial score (nSPS) is 12.1. The van der Waals surface area contributed by atoms with E-state index >= 15 is 0 Å². The Morgan fingerprint density at radius 3 is 2.75 bits per heavy atom. The van der Waals surface area contributed by atoms with Gasteiger partial charge in [-0.3, -0.25) is 14.9 Å². The van der Waals surface area contributed by atoms with Crippen molar-refractivity contribution in [2.45, 2.75) is 46.1 Å². The summed E-state index contributed by atoms with van der Waals surface area (Å²) in [7, 11) is 0. The lowest BCUT2D eigenvalue weighted by Crippen LogP contribution is -2.27. The molecule has 0 bridgehead atoms. The number of fused-ring (bicyclic) bond motifs is 1. The zero-order valence-corrected chi connectivity index (χ0v) is 22.2. The van der Waals surface area contributed by atoms with Crippen LogP contribution in [0.2, 0.25) is 5.02 Å². The molecule has 1 aromatic heterocycles. The van der Waals surface area contributed by atoms with E-state index < -0.39 is 28.2 Å². The molecule has 0 aliphatic heterocycles. The number of nitrogens with zero attached hydrogens (tertiary/aromatic N) is 4. The molecule has 1 atom stereocenters. The molecule has 12 heteroatoms. The molecular weight excluding hydrogens is 556 g/mol. The first-order valence-corrected chi connectivity index (χ1v) is 12.4. The molecule has 10 nitrogen and oxygen atoms in total. The van der Waals surface area contributed by atoms with Crippen LogP contribution in [0.1, 0.15) is 45.0 Å². The van der Waals surface area contributed by atoms with Crippen molar-refractivity contribution in [3.63, 3.8) is 0 Å².